The number of carbonyl (C=O) groups is 2. The van der Waals surface area contributed by atoms with Gasteiger partial charge >= 0.3 is 5.91 Å². The molecule has 0 saturated carbocycles. The molecule has 0 radical (unpaired) electrons. The average molecular weight is 231 g/mol. The van der Waals surface area contributed by atoms with Gasteiger partial charge in [0.1, 0.15) is 0 Å². The Morgan fingerprint density at radius 3 is 2.59 bits per heavy atom. The molecule has 0 spiro atoms. The molecule has 2 rings (SSSR count). The summed E-state index contributed by atoms with van der Waals surface area (Å²) in [4.78, 5) is 26.7. The maximum absolute atomic E-state index is 11.5. The highest BCUT2D eigenvalue weighted by atomic mass is 16.3. The summed E-state index contributed by atoms with van der Waals surface area (Å²) < 4.78 is 4.86. The molecule has 2 aromatic rings. The van der Waals surface area contributed by atoms with Crippen LogP contribution in [-0.2, 0) is 0 Å². The molecule has 2 amide bonds. The average Bonchev–Trinajstić information content (AvgIpc) is 2.90. The van der Waals surface area contributed by atoms with Gasteiger partial charge in [-0.05, 0) is 24.3 Å². The molecule has 0 aromatic carbocycles. The number of nitrogens with zero attached hydrogens (tertiary/aromatic N) is 1. The molecular formula is C11H9N3O3. The van der Waals surface area contributed by atoms with Crippen molar-refractivity contribution in [1.82, 2.24) is 15.8 Å². The Kier molecular flexibility index (Phi) is 3.15. The number of hydrazine groups is 1. The van der Waals surface area contributed by atoms with Crippen LogP contribution in [0.2, 0.25) is 0 Å². The number of nitrogens with one attached hydrogen (secondary N) is 2. The van der Waals surface area contributed by atoms with Gasteiger partial charge in [-0.2, -0.15) is 0 Å². The van der Waals surface area contributed by atoms with Crippen molar-refractivity contribution in [1.29, 1.82) is 0 Å². The van der Waals surface area contributed by atoms with E-state index in [1.54, 1.807) is 24.4 Å². The minimum atomic E-state index is -0.521. The van der Waals surface area contributed by atoms with E-state index >= 15 is 0 Å². The molecule has 0 atom stereocenters. The maximum Gasteiger partial charge on any atom is 0.305 e. The minimum absolute atomic E-state index is 0.122. The third-order valence-electron chi connectivity index (χ3n) is 1.96. The molecule has 0 unspecified atom stereocenters. The second kappa shape index (κ2) is 4.93. The Bertz CT molecular complexity index is 508. The highest BCUT2D eigenvalue weighted by molar-refractivity contribution is 5.97. The summed E-state index contributed by atoms with van der Waals surface area (Å²) in [5.74, 6) is -0.846. The van der Waals surface area contributed by atoms with E-state index in [0.29, 0.717) is 5.56 Å². The number of furan rings is 1. The minimum Gasteiger partial charge on any atom is -0.459 e. The first-order valence-corrected chi connectivity index (χ1v) is 4.81. The van der Waals surface area contributed by atoms with Crippen molar-refractivity contribution in [2.75, 3.05) is 0 Å². The third-order valence-corrected chi connectivity index (χ3v) is 1.96. The van der Waals surface area contributed by atoms with Gasteiger partial charge in [0.2, 0.25) is 0 Å². The van der Waals surface area contributed by atoms with Gasteiger partial charge < -0.3 is 4.42 Å². The van der Waals surface area contributed by atoms with Crippen LogP contribution < -0.4 is 10.9 Å². The number of amides is 2. The SMILES string of the molecule is O=C(NNC(=O)c1ccco1)c1cccnc1. The molecule has 2 N–H and O–H groups in total. The van der Waals surface area contributed by atoms with Crippen LogP contribution in [0.15, 0.2) is 47.3 Å². The number of aromatic nitrogens is 1. The first kappa shape index (κ1) is 10.9. The summed E-state index contributed by atoms with van der Waals surface area (Å²) in [6.07, 6.45) is 4.32. The van der Waals surface area contributed by atoms with Crippen LogP contribution in [0.1, 0.15) is 20.9 Å². The van der Waals surface area contributed by atoms with E-state index in [1.165, 1.54) is 18.5 Å². The predicted molar refractivity (Wildman–Crippen MR) is 57.9 cm³/mol. The van der Waals surface area contributed by atoms with Gasteiger partial charge in [-0.15, -0.1) is 0 Å². The maximum atomic E-state index is 11.5. The lowest BCUT2D eigenvalue weighted by Crippen LogP contribution is -2.41. The van der Waals surface area contributed by atoms with Crippen LogP contribution in [0.25, 0.3) is 0 Å². The van der Waals surface area contributed by atoms with Gasteiger partial charge in [0, 0.05) is 12.4 Å². The second-order valence-corrected chi connectivity index (χ2v) is 3.13. The largest absolute Gasteiger partial charge is 0.459 e. The van der Waals surface area contributed by atoms with Crippen molar-refractivity contribution in [3.05, 3.63) is 54.2 Å². The van der Waals surface area contributed by atoms with Crippen LogP contribution in [0.3, 0.4) is 0 Å². The van der Waals surface area contributed by atoms with Crippen molar-refractivity contribution in [2.45, 2.75) is 0 Å². The van der Waals surface area contributed by atoms with Crippen molar-refractivity contribution in [3.63, 3.8) is 0 Å². The van der Waals surface area contributed by atoms with E-state index in [0.717, 1.165) is 0 Å². The van der Waals surface area contributed by atoms with Crippen LogP contribution in [0.5, 0.6) is 0 Å². The monoisotopic (exact) mass is 231 g/mol. The Morgan fingerprint density at radius 2 is 1.94 bits per heavy atom. The number of hydrogen-bond acceptors (Lipinski definition) is 4. The van der Waals surface area contributed by atoms with Crippen LogP contribution in [-0.4, -0.2) is 16.8 Å². The topological polar surface area (TPSA) is 84.2 Å². The summed E-state index contributed by atoms with van der Waals surface area (Å²) in [5.41, 5.74) is 4.83. The quantitative estimate of drug-likeness (QED) is 0.747. The Balaban J connectivity index is 1.91. The molecule has 0 aliphatic heterocycles. The van der Waals surface area contributed by atoms with Crippen molar-refractivity contribution in [3.8, 4) is 0 Å². The van der Waals surface area contributed by atoms with E-state index in [2.05, 4.69) is 15.8 Å². The Hall–Kier alpha value is -2.63. The predicted octanol–water partition coefficient (Wildman–Crippen LogP) is 0.749. The first-order valence-electron chi connectivity index (χ1n) is 4.81. The molecule has 17 heavy (non-hydrogen) atoms. The molecule has 0 aliphatic rings. The number of carbonyl (C=O) groups excluding carboxylic acids is 2. The molecule has 2 aromatic heterocycles. The second-order valence-electron chi connectivity index (χ2n) is 3.13. The zero-order valence-corrected chi connectivity index (χ0v) is 8.71. The van der Waals surface area contributed by atoms with E-state index in [9.17, 15) is 9.59 Å². The molecule has 6 heteroatoms. The fraction of sp³-hybridized carbons (Fsp3) is 0. The van der Waals surface area contributed by atoms with Gasteiger partial charge in [0.25, 0.3) is 5.91 Å². The van der Waals surface area contributed by atoms with Crippen molar-refractivity contribution < 1.29 is 14.0 Å². The molecular weight excluding hydrogens is 222 g/mol. The van der Waals surface area contributed by atoms with Gasteiger partial charge in [0.05, 0.1) is 11.8 Å². The molecule has 0 aliphatic carbocycles. The molecule has 0 bridgehead atoms. The molecule has 0 fully saturated rings. The lowest BCUT2D eigenvalue weighted by atomic mass is 10.3. The summed E-state index contributed by atoms with van der Waals surface area (Å²) >= 11 is 0. The van der Waals surface area contributed by atoms with Gasteiger partial charge in [0.15, 0.2) is 5.76 Å². The van der Waals surface area contributed by atoms with Crippen LogP contribution >= 0.6 is 0 Å². The Labute approximate surface area is 96.6 Å². The van der Waals surface area contributed by atoms with Crippen molar-refractivity contribution in [2.24, 2.45) is 0 Å². The van der Waals surface area contributed by atoms with Gasteiger partial charge in [-0.1, -0.05) is 0 Å². The highest BCUT2D eigenvalue weighted by Gasteiger charge is 2.10. The van der Waals surface area contributed by atoms with Crippen LogP contribution in [0, 0.1) is 0 Å². The third kappa shape index (κ3) is 2.69. The van der Waals surface area contributed by atoms with Gasteiger partial charge in [-0.25, -0.2) is 0 Å². The highest BCUT2D eigenvalue weighted by Crippen LogP contribution is 1.98. The standard InChI is InChI=1S/C11H9N3O3/c15-10(8-3-1-5-12-7-8)13-14-11(16)9-4-2-6-17-9/h1-7H,(H,13,15)(H,14,16). The summed E-state index contributed by atoms with van der Waals surface area (Å²) in [7, 11) is 0. The van der Waals surface area contributed by atoms with E-state index in [1.807, 2.05) is 0 Å². The summed E-state index contributed by atoms with van der Waals surface area (Å²) in [6.45, 7) is 0. The molecule has 86 valence electrons. The van der Waals surface area contributed by atoms with Crippen molar-refractivity contribution >= 4 is 11.8 Å². The summed E-state index contributed by atoms with van der Waals surface area (Å²) in [5, 5.41) is 0. The Morgan fingerprint density at radius 1 is 1.12 bits per heavy atom. The first-order chi connectivity index (χ1) is 8.27. The number of hydrogen-bond donors (Lipinski definition) is 2. The van der Waals surface area contributed by atoms with E-state index in [-0.39, 0.29) is 5.76 Å². The normalized spacial score (nSPS) is 9.65. The lowest BCUT2D eigenvalue weighted by Gasteiger charge is -2.04. The zero-order valence-electron chi connectivity index (χ0n) is 8.71. The fourth-order valence-electron chi connectivity index (χ4n) is 1.15. The smallest absolute Gasteiger partial charge is 0.305 e. The molecule has 0 saturated heterocycles. The molecule has 6 nitrogen and oxygen atoms in total. The van der Waals surface area contributed by atoms with E-state index in [4.69, 9.17) is 4.42 Å². The lowest BCUT2D eigenvalue weighted by molar-refractivity contribution is 0.0830. The number of rotatable bonds is 2. The zero-order chi connectivity index (χ0) is 12.1. The molecule has 2 heterocycles. The number of pyridine rings is 1. The van der Waals surface area contributed by atoms with E-state index < -0.39 is 11.8 Å². The summed E-state index contributed by atoms with van der Waals surface area (Å²) in [6, 6.07) is 6.29. The van der Waals surface area contributed by atoms with Gasteiger partial charge in [-0.3, -0.25) is 25.4 Å². The van der Waals surface area contributed by atoms with Crippen LogP contribution in [0.4, 0.5) is 0 Å². The fourth-order valence-corrected chi connectivity index (χ4v) is 1.15.